The Morgan fingerprint density at radius 1 is 1.38 bits per heavy atom. The second-order valence-corrected chi connectivity index (χ2v) is 8.17. The van der Waals surface area contributed by atoms with Crippen molar-refractivity contribution >= 4 is 23.4 Å². The van der Waals surface area contributed by atoms with E-state index in [-0.39, 0.29) is 5.91 Å². The standard InChI is InChI=1S/C19H28N2O2S/c1-14-3-4-17(12-21-7-9-24-10-8-21)11-18(14)20-19(22)15(2)23-13-16-5-6-16/h3-4,11,15-16H,5-10,12-13H2,1-2H3,(H,20,22)/t15-/m0/s1. The zero-order valence-electron chi connectivity index (χ0n) is 14.7. The van der Waals surface area contributed by atoms with E-state index in [0.29, 0.717) is 12.5 Å². The van der Waals surface area contributed by atoms with Crippen molar-refractivity contribution in [2.45, 2.75) is 39.3 Å². The van der Waals surface area contributed by atoms with Gasteiger partial charge >= 0.3 is 0 Å². The summed E-state index contributed by atoms with van der Waals surface area (Å²) in [6, 6.07) is 6.38. The van der Waals surface area contributed by atoms with Gasteiger partial charge in [-0.3, -0.25) is 9.69 Å². The monoisotopic (exact) mass is 348 g/mol. The number of rotatable bonds is 7. The molecule has 2 fully saturated rings. The van der Waals surface area contributed by atoms with Crippen LogP contribution in [0.5, 0.6) is 0 Å². The van der Waals surface area contributed by atoms with E-state index in [4.69, 9.17) is 4.74 Å². The molecule has 1 N–H and O–H groups in total. The van der Waals surface area contributed by atoms with Gasteiger partial charge in [-0.2, -0.15) is 11.8 Å². The van der Waals surface area contributed by atoms with Gasteiger partial charge in [0.05, 0.1) is 6.61 Å². The Labute approximate surface area is 149 Å². The van der Waals surface area contributed by atoms with E-state index in [2.05, 4.69) is 28.4 Å². The zero-order valence-corrected chi connectivity index (χ0v) is 15.5. The summed E-state index contributed by atoms with van der Waals surface area (Å²) in [4.78, 5) is 14.8. The van der Waals surface area contributed by atoms with E-state index in [1.54, 1.807) is 0 Å². The highest BCUT2D eigenvalue weighted by Gasteiger charge is 2.24. The molecule has 3 rings (SSSR count). The molecule has 2 aliphatic rings. The fourth-order valence-electron chi connectivity index (χ4n) is 2.79. The molecule has 1 saturated heterocycles. The minimum absolute atomic E-state index is 0.0507. The molecule has 0 spiro atoms. The Kier molecular flexibility index (Phi) is 6.19. The van der Waals surface area contributed by atoms with Gasteiger partial charge < -0.3 is 10.1 Å². The molecule has 132 valence electrons. The van der Waals surface area contributed by atoms with Gasteiger partial charge in [-0.1, -0.05) is 12.1 Å². The molecule has 1 saturated carbocycles. The first-order valence-corrected chi connectivity index (χ1v) is 10.1. The quantitative estimate of drug-likeness (QED) is 0.821. The number of thioether (sulfide) groups is 1. The molecule has 0 bridgehead atoms. The summed E-state index contributed by atoms with van der Waals surface area (Å²) >= 11 is 2.02. The van der Waals surface area contributed by atoms with Crippen LogP contribution in [-0.2, 0) is 16.1 Å². The molecular weight excluding hydrogens is 320 g/mol. The Morgan fingerprint density at radius 2 is 2.12 bits per heavy atom. The molecule has 24 heavy (non-hydrogen) atoms. The van der Waals surface area contributed by atoms with Gasteiger partial charge in [0.1, 0.15) is 6.10 Å². The van der Waals surface area contributed by atoms with E-state index in [1.807, 2.05) is 25.6 Å². The van der Waals surface area contributed by atoms with Crippen molar-refractivity contribution in [3.63, 3.8) is 0 Å². The van der Waals surface area contributed by atoms with Crippen molar-refractivity contribution < 1.29 is 9.53 Å². The van der Waals surface area contributed by atoms with Crippen LogP contribution in [0.15, 0.2) is 18.2 Å². The molecule has 5 heteroatoms. The summed E-state index contributed by atoms with van der Waals surface area (Å²) in [5, 5.41) is 3.05. The van der Waals surface area contributed by atoms with Crippen LogP contribution in [0.25, 0.3) is 0 Å². The Hall–Kier alpha value is -1.04. The van der Waals surface area contributed by atoms with Crippen molar-refractivity contribution in [2.75, 3.05) is 36.5 Å². The maximum Gasteiger partial charge on any atom is 0.253 e. The smallest absolute Gasteiger partial charge is 0.253 e. The largest absolute Gasteiger partial charge is 0.368 e. The van der Waals surface area contributed by atoms with Crippen LogP contribution in [0.2, 0.25) is 0 Å². The summed E-state index contributed by atoms with van der Waals surface area (Å²) in [5.41, 5.74) is 3.26. The van der Waals surface area contributed by atoms with Crippen LogP contribution in [-0.4, -0.2) is 48.1 Å². The average Bonchev–Trinajstić information content (AvgIpc) is 3.41. The maximum atomic E-state index is 12.3. The predicted molar refractivity (Wildman–Crippen MR) is 101 cm³/mol. The van der Waals surface area contributed by atoms with E-state index in [0.717, 1.165) is 30.9 Å². The van der Waals surface area contributed by atoms with Crippen molar-refractivity contribution in [3.8, 4) is 0 Å². The highest BCUT2D eigenvalue weighted by molar-refractivity contribution is 7.99. The Bertz CT molecular complexity index is 568. The average molecular weight is 349 g/mol. The number of anilines is 1. The lowest BCUT2D eigenvalue weighted by Gasteiger charge is -2.26. The molecule has 1 heterocycles. The van der Waals surface area contributed by atoms with E-state index in [1.165, 1.54) is 29.9 Å². The number of benzene rings is 1. The van der Waals surface area contributed by atoms with Gasteiger partial charge in [0.15, 0.2) is 0 Å². The molecular formula is C19H28N2O2S. The van der Waals surface area contributed by atoms with Crippen LogP contribution in [0, 0.1) is 12.8 Å². The van der Waals surface area contributed by atoms with E-state index >= 15 is 0 Å². The molecule has 1 amide bonds. The van der Waals surface area contributed by atoms with Gasteiger partial charge in [0.2, 0.25) is 0 Å². The molecule has 0 radical (unpaired) electrons. The number of nitrogens with one attached hydrogen (secondary N) is 1. The second kappa shape index (κ2) is 8.37. The van der Waals surface area contributed by atoms with Gasteiger partial charge in [-0.25, -0.2) is 0 Å². The van der Waals surface area contributed by atoms with Crippen molar-refractivity contribution in [3.05, 3.63) is 29.3 Å². The molecule has 1 aliphatic heterocycles. The predicted octanol–water partition coefficient (Wildman–Crippen LogP) is 3.30. The molecule has 1 aromatic carbocycles. The molecule has 4 nitrogen and oxygen atoms in total. The van der Waals surface area contributed by atoms with Gasteiger partial charge in [0, 0.05) is 36.8 Å². The normalized spacial score (nSPS) is 19.9. The number of hydrogen-bond donors (Lipinski definition) is 1. The maximum absolute atomic E-state index is 12.3. The molecule has 0 unspecified atom stereocenters. The molecule has 1 atom stereocenters. The number of amides is 1. The van der Waals surface area contributed by atoms with E-state index in [9.17, 15) is 4.79 Å². The van der Waals surface area contributed by atoms with Crippen molar-refractivity contribution in [1.29, 1.82) is 0 Å². The first kappa shape index (κ1) is 17.8. The van der Waals surface area contributed by atoms with Gasteiger partial charge in [0.25, 0.3) is 5.91 Å². The summed E-state index contributed by atoms with van der Waals surface area (Å²) in [7, 11) is 0. The highest BCUT2D eigenvalue weighted by atomic mass is 32.2. The lowest BCUT2D eigenvalue weighted by Crippen LogP contribution is -2.32. The highest BCUT2D eigenvalue weighted by Crippen LogP contribution is 2.29. The van der Waals surface area contributed by atoms with Crippen LogP contribution >= 0.6 is 11.8 Å². The second-order valence-electron chi connectivity index (χ2n) is 6.95. The topological polar surface area (TPSA) is 41.6 Å². The van der Waals surface area contributed by atoms with Crippen LogP contribution in [0.3, 0.4) is 0 Å². The molecule has 1 aromatic rings. The third-order valence-corrected chi connectivity index (χ3v) is 5.66. The summed E-state index contributed by atoms with van der Waals surface area (Å²) in [6.45, 7) is 7.82. The Balaban J connectivity index is 1.56. The van der Waals surface area contributed by atoms with Gasteiger partial charge in [-0.15, -0.1) is 0 Å². The number of ether oxygens (including phenoxy) is 1. The first-order chi connectivity index (χ1) is 11.6. The first-order valence-electron chi connectivity index (χ1n) is 8.94. The number of hydrogen-bond acceptors (Lipinski definition) is 4. The van der Waals surface area contributed by atoms with Crippen molar-refractivity contribution in [1.82, 2.24) is 4.90 Å². The van der Waals surface area contributed by atoms with Gasteiger partial charge in [-0.05, 0) is 49.8 Å². The minimum atomic E-state index is -0.396. The van der Waals surface area contributed by atoms with Crippen molar-refractivity contribution in [2.24, 2.45) is 5.92 Å². The molecule has 1 aliphatic carbocycles. The Morgan fingerprint density at radius 3 is 2.83 bits per heavy atom. The lowest BCUT2D eigenvalue weighted by molar-refractivity contribution is -0.126. The number of carbonyl (C=O) groups excluding carboxylic acids is 1. The van der Waals surface area contributed by atoms with Crippen LogP contribution in [0.4, 0.5) is 5.69 Å². The minimum Gasteiger partial charge on any atom is -0.368 e. The number of aryl methyl sites for hydroxylation is 1. The number of carbonyl (C=O) groups is 1. The molecule has 0 aromatic heterocycles. The zero-order chi connectivity index (χ0) is 16.9. The SMILES string of the molecule is Cc1ccc(CN2CCSCC2)cc1NC(=O)[C@H](C)OCC1CC1. The number of nitrogens with zero attached hydrogens (tertiary/aromatic N) is 1. The summed E-state index contributed by atoms with van der Waals surface area (Å²) in [5.74, 6) is 3.05. The van der Waals surface area contributed by atoms with Crippen LogP contribution < -0.4 is 5.32 Å². The fraction of sp³-hybridized carbons (Fsp3) is 0.632. The third-order valence-electron chi connectivity index (χ3n) is 4.72. The summed E-state index contributed by atoms with van der Waals surface area (Å²) < 4.78 is 5.67. The summed E-state index contributed by atoms with van der Waals surface area (Å²) in [6.07, 6.45) is 2.09. The van der Waals surface area contributed by atoms with E-state index < -0.39 is 6.10 Å². The van der Waals surface area contributed by atoms with Crippen LogP contribution in [0.1, 0.15) is 30.9 Å². The third kappa shape index (κ3) is 5.23. The fourth-order valence-corrected chi connectivity index (χ4v) is 3.77. The lowest BCUT2D eigenvalue weighted by atomic mass is 10.1.